The first kappa shape index (κ1) is 17.5. The molecular formula is C20H24N2O3. The summed E-state index contributed by atoms with van der Waals surface area (Å²) in [4.78, 5) is 12.0. The summed E-state index contributed by atoms with van der Waals surface area (Å²) in [5.41, 5.74) is 1.81. The Hall–Kier alpha value is -2.37. The molecule has 1 saturated heterocycles. The Morgan fingerprint density at radius 1 is 1.24 bits per heavy atom. The summed E-state index contributed by atoms with van der Waals surface area (Å²) in [5.74, 6) is 0.650. The van der Waals surface area contributed by atoms with Crippen LogP contribution in [0.25, 0.3) is 0 Å². The van der Waals surface area contributed by atoms with E-state index in [0.29, 0.717) is 12.4 Å². The molecule has 1 aliphatic rings. The molecule has 1 aliphatic heterocycles. The van der Waals surface area contributed by atoms with Crippen molar-refractivity contribution in [3.63, 3.8) is 0 Å². The Morgan fingerprint density at radius 2 is 2.08 bits per heavy atom. The molecular weight excluding hydrogens is 316 g/mol. The first-order valence-corrected chi connectivity index (χ1v) is 8.68. The van der Waals surface area contributed by atoms with Crippen molar-refractivity contribution in [1.82, 2.24) is 10.6 Å². The van der Waals surface area contributed by atoms with Gasteiger partial charge in [-0.1, -0.05) is 42.5 Å². The van der Waals surface area contributed by atoms with Gasteiger partial charge in [0, 0.05) is 6.54 Å². The minimum Gasteiger partial charge on any atom is -0.489 e. The fourth-order valence-electron chi connectivity index (χ4n) is 2.90. The SMILES string of the molecule is O=C(NCC(O)c1cccc(OCc2ccccc2)c1)[C@@H]1CCCN1. The van der Waals surface area contributed by atoms with Gasteiger partial charge in [-0.25, -0.2) is 0 Å². The lowest BCUT2D eigenvalue weighted by Crippen LogP contribution is -2.41. The maximum absolute atomic E-state index is 12.0. The lowest BCUT2D eigenvalue weighted by Gasteiger charge is -2.16. The molecule has 3 N–H and O–H groups in total. The average Bonchev–Trinajstić information content (AvgIpc) is 3.20. The highest BCUT2D eigenvalue weighted by molar-refractivity contribution is 5.82. The molecule has 0 spiro atoms. The van der Waals surface area contributed by atoms with Gasteiger partial charge < -0.3 is 20.5 Å². The van der Waals surface area contributed by atoms with Crippen molar-refractivity contribution in [1.29, 1.82) is 0 Å². The lowest BCUT2D eigenvalue weighted by molar-refractivity contribution is -0.123. The van der Waals surface area contributed by atoms with Crippen LogP contribution in [-0.4, -0.2) is 30.1 Å². The molecule has 0 aromatic heterocycles. The number of hydrogen-bond donors (Lipinski definition) is 3. The first-order valence-electron chi connectivity index (χ1n) is 8.68. The molecule has 2 atom stereocenters. The van der Waals surface area contributed by atoms with Crippen LogP contribution in [0.1, 0.15) is 30.1 Å². The summed E-state index contributed by atoms with van der Waals surface area (Å²) in [5, 5.41) is 16.3. The maximum atomic E-state index is 12.0. The summed E-state index contributed by atoms with van der Waals surface area (Å²) in [6.07, 6.45) is 1.11. The van der Waals surface area contributed by atoms with Crippen LogP contribution in [0.5, 0.6) is 5.75 Å². The largest absolute Gasteiger partial charge is 0.489 e. The van der Waals surface area contributed by atoms with Crippen molar-refractivity contribution in [3.8, 4) is 5.75 Å². The van der Waals surface area contributed by atoms with E-state index in [1.54, 1.807) is 0 Å². The van der Waals surface area contributed by atoms with E-state index in [2.05, 4.69) is 10.6 Å². The van der Waals surface area contributed by atoms with Crippen LogP contribution in [0.2, 0.25) is 0 Å². The number of carbonyl (C=O) groups excluding carboxylic acids is 1. The van der Waals surface area contributed by atoms with Gasteiger partial charge in [-0.2, -0.15) is 0 Å². The van der Waals surface area contributed by atoms with Crippen LogP contribution in [0.3, 0.4) is 0 Å². The van der Waals surface area contributed by atoms with Crippen LogP contribution in [-0.2, 0) is 11.4 Å². The quantitative estimate of drug-likeness (QED) is 0.722. The smallest absolute Gasteiger partial charge is 0.237 e. The Morgan fingerprint density at radius 3 is 2.84 bits per heavy atom. The van der Waals surface area contributed by atoms with E-state index in [-0.39, 0.29) is 18.5 Å². The Kier molecular flexibility index (Phi) is 6.04. The molecule has 0 saturated carbocycles. The number of benzene rings is 2. The van der Waals surface area contributed by atoms with Crippen molar-refractivity contribution in [3.05, 3.63) is 65.7 Å². The number of hydrogen-bond acceptors (Lipinski definition) is 4. The highest BCUT2D eigenvalue weighted by atomic mass is 16.5. The molecule has 2 aromatic carbocycles. The first-order chi connectivity index (χ1) is 12.2. The lowest BCUT2D eigenvalue weighted by atomic mass is 10.1. The molecule has 1 unspecified atom stereocenters. The fraction of sp³-hybridized carbons (Fsp3) is 0.350. The second-order valence-corrected chi connectivity index (χ2v) is 6.26. The minimum absolute atomic E-state index is 0.0481. The van der Waals surface area contributed by atoms with Gasteiger partial charge in [-0.15, -0.1) is 0 Å². The Balaban J connectivity index is 1.52. The molecule has 132 valence electrons. The second kappa shape index (κ2) is 8.65. The van der Waals surface area contributed by atoms with Gasteiger partial charge in [0.05, 0.1) is 12.1 Å². The van der Waals surface area contributed by atoms with Gasteiger partial charge in [0.1, 0.15) is 12.4 Å². The highest BCUT2D eigenvalue weighted by Crippen LogP contribution is 2.20. The van der Waals surface area contributed by atoms with E-state index in [4.69, 9.17) is 4.74 Å². The normalized spacial score (nSPS) is 17.9. The highest BCUT2D eigenvalue weighted by Gasteiger charge is 2.22. The van der Waals surface area contributed by atoms with E-state index in [1.165, 1.54) is 0 Å². The molecule has 5 heteroatoms. The summed E-state index contributed by atoms with van der Waals surface area (Å²) < 4.78 is 5.78. The summed E-state index contributed by atoms with van der Waals surface area (Å²) >= 11 is 0. The Labute approximate surface area is 148 Å². The van der Waals surface area contributed by atoms with Crippen molar-refractivity contribution in [2.75, 3.05) is 13.1 Å². The van der Waals surface area contributed by atoms with Crippen molar-refractivity contribution in [2.45, 2.75) is 31.6 Å². The molecule has 0 aliphatic carbocycles. The predicted molar refractivity (Wildman–Crippen MR) is 96.2 cm³/mol. The van der Waals surface area contributed by atoms with Crippen LogP contribution in [0.4, 0.5) is 0 Å². The number of aliphatic hydroxyl groups is 1. The van der Waals surface area contributed by atoms with Crippen LogP contribution in [0, 0.1) is 0 Å². The molecule has 3 rings (SSSR count). The van der Waals surface area contributed by atoms with Gasteiger partial charge in [0.25, 0.3) is 0 Å². The van der Waals surface area contributed by atoms with Crippen LogP contribution >= 0.6 is 0 Å². The molecule has 0 radical (unpaired) electrons. The molecule has 5 nitrogen and oxygen atoms in total. The third-order valence-corrected chi connectivity index (χ3v) is 4.34. The maximum Gasteiger partial charge on any atom is 0.237 e. The number of aliphatic hydroxyl groups excluding tert-OH is 1. The Bertz CT molecular complexity index is 684. The standard InChI is InChI=1S/C20H24N2O3/c23-19(13-22-20(24)18-10-5-11-21-18)16-8-4-9-17(12-16)25-14-15-6-2-1-3-7-15/h1-4,6-9,12,18-19,21,23H,5,10-11,13-14H2,(H,22,24)/t18-,19?/m0/s1. The molecule has 1 amide bonds. The molecule has 1 fully saturated rings. The number of nitrogens with one attached hydrogen (secondary N) is 2. The van der Waals surface area contributed by atoms with E-state index in [9.17, 15) is 9.90 Å². The molecule has 1 heterocycles. The van der Waals surface area contributed by atoms with Crippen molar-refractivity contribution >= 4 is 5.91 Å². The molecule has 2 aromatic rings. The number of carbonyl (C=O) groups is 1. The number of ether oxygens (including phenoxy) is 1. The number of amides is 1. The third kappa shape index (κ3) is 5.05. The summed E-state index contributed by atoms with van der Waals surface area (Å²) in [6.45, 7) is 1.55. The van der Waals surface area contributed by atoms with E-state index in [0.717, 1.165) is 30.5 Å². The molecule has 0 bridgehead atoms. The summed E-state index contributed by atoms with van der Waals surface area (Å²) in [7, 11) is 0. The van der Waals surface area contributed by atoms with Gasteiger partial charge in [0.2, 0.25) is 5.91 Å². The van der Waals surface area contributed by atoms with Crippen molar-refractivity contribution < 1.29 is 14.6 Å². The van der Waals surface area contributed by atoms with Crippen molar-refractivity contribution in [2.24, 2.45) is 0 Å². The van der Waals surface area contributed by atoms with Gasteiger partial charge >= 0.3 is 0 Å². The second-order valence-electron chi connectivity index (χ2n) is 6.26. The minimum atomic E-state index is -0.759. The molecule has 25 heavy (non-hydrogen) atoms. The van der Waals surface area contributed by atoms with E-state index >= 15 is 0 Å². The van der Waals surface area contributed by atoms with Gasteiger partial charge in [0.15, 0.2) is 0 Å². The van der Waals surface area contributed by atoms with Crippen LogP contribution in [0.15, 0.2) is 54.6 Å². The summed E-state index contributed by atoms with van der Waals surface area (Å²) in [6, 6.07) is 17.1. The average molecular weight is 340 g/mol. The zero-order valence-corrected chi connectivity index (χ0v) is 14.2. The zero-order valence-electron chi connectivity index (χ0n) is 14.2. The monoisotopic (exact) mass is 340 g/mol. The van der Waals surface area contributed by atoms with Gasteiger partial charge in [-0.3, -0.25) is 4.79 Å². The van der Waals surface area contributed by atoms with Gasteiger partial charge in [-0.05, 0) is 42.6 Å². The zero-order chi connectivity index (χ0) is 17.5. The fourth-order valence-corrected chi connectivity index (χ4v) is 2.90. The third-order valence-electron chi connectivity index (χ3n) is 4.34. The topological polar surface area (TPSA) is 70.6 Å². The number of rotatable bonds is 7. The van der Waals surface area contributed by atoms with Crippen LogP contribution < -0.4 is 15.4 Å². The predicted octanol–water partition coefficient (Wildman–Crippen LogP) is 2.17. The van der Waals surface area contributed by atoms with E-state index in [1.807, 2.05) is 54.6 Å². The van der Waals surface area contributed by atoms with E-state index < -0.39 is 6.10 Å².